The van der Waals surface area contributed by atoms with Crippen molar-refractivity contribution in [2.75, 3.05) is 24.5 Å². The lowest BCUT2D eigenvalue weighted by Gasteiger charge is -2.10. The number of hydrogen-bond acceptors (Lipinski definition) is 7. The highest BCUT2D eigenvalue weighted by molar-refractivity contribution is 6.03. The predicted molar refractivity (Wildman–Crippen MR) is 98.8 cm³/mol. The van der Waals surface area contributed by atoms with Gasteiger partial charge in [-0.05, 0) is 36.4 Å². The molecular formula is C19H16N4O4. The highest BCUT2D eigenvalue weighted by atomic mass is 16.7. The van der Waals surface area contributed by atoms with Crippen molar-refractivity contribution in [2.45, 2.75) is 0 Å². The molecule has 0 bridgehead atoms. The normalized spacial score (nSPS) is 11.7. The van der Waals surface area contributed by atoms with Gasteiger partial charge in [0.1, 0.15) is 5.75 Å². The van der Waals surface area contributed by atoms with Crippen molar-refractivity contribution < 1.29 is 19.0 Å². The third-order valence-corrected chi connectivity index (χ3v) is 3.90. The van der Waals surface area contributed by atoms with Crippen LogP contribution in [0.1, 0.15) is 10.5 Å². The van der Waals surface area contributed by atoms with Gasteiger partial charge in [-0.3, -0.25) is 4.79 Å². The molecule has 0 radical (unpaired) electrons. The fraction of sp³-hybridized carbons (Fsp3) is 0.105. The van der Waals surface area contributed by atoms with Gasteiger partial charge in [0.25, 0.3) is 5.91 Å². The zero-order valence-corrected chi connectivity index (χ0v) is 14.4. The predicted octanol–water partition coefficient (Wildman–Crippen LogP) is 3.21. The second-order valence-corrected chi connectivity index (χ2v) is 5.65. The maximum Gasteiger partial charge on any atom is 0.276 e. The van der Waals surface area contributed by atoms with Crippen LogP contribution in [0.4, 0.5) is 17.2 Å². The Morgan fingerprint density at radius 3 is 2.70 bits per heavy atom. The molecule has 0 saturated carbocycles. The van der Waals surface area contributed by atoms with Crippen molar-refractivity contribution in [3.8, 4) is 17.2 Å². The first kappa shape index (κ1) is 16.6. The van der Waals surface area contributed by atoms with Crippen molar-refractivity contribution in [2.24, 2.45) is 0 Å². The number of para-hydroxylation sites is 2. The molecule has 1 aliphatic rings. The molecule has 136 valence electrons. The summed E-state index contributed by atoms with van der Waals surface area (Å²) in [5.74, 6) is 2.06. The second-order valence-electron chi connectivity index (χ2n) is 5.65. The third-order valence-electron chi connectivity index (χ3n) is 3.90. The Labute approximate surface area is 155 Å². The van der Waals surface area contributed by atoms with Gasteiger partial charge in [-0.25, -0.2) is 0 Å². The van der Waals surface area contributed by atoms with E-state index >= 15 is 0 Å². The van der Waals surface area contributed by atoms with Gasteiger partial charge in [0, 0.05) is 11.8 Å². The van der Waals surface area contributed by atoms with E-state index in [0.29, 0.717) is 28.8 Å². The van der Waals surface area contributed by atoms with E-state index in [4.69, 9.17) is 14.2 Å². The summed E-state index contributed by atoms with van der Waals surface area (Å²) in [7, 11) is 1.59. The van der Waals surface area contributed by atoms with E-state index in [0.717, 1.165) is 5.69 Å². The molecule has 0 unspecified atom stereocenters. The Morgan fingerprint density at radius 2 is 1.89 bits per heavy atom. The summed E-state index contributed by atoms with van der Waals surface area (Å²) in [5, 5.41) is 13.9. The Kier molecular flexibility index (Phi) is 4.44. The van der Waals surface area contributed by atoms with Crippen LogP contribution in [-0.2, 0) is 0 Å². The van der Waals surface area contributed by atoms with E-state index in [1.807, 2.05) is 24.3 Å². The lowest BCUT2D eigenvalue weighted by Crippen LogP contribution is -2.14. The number of nitrogens with zero attached hydrogens (tertiary/aromatic N) is 2. The summed E-state index contributed by atoms with van der Waals surface area (Å²) in [5.41, 5.74) is 1.53. The first-order valence-corrected chi connectivity index (χ1v) is 8.18. The van der Waals surface area contributed by atoms with Crippen LogP contribution in [0.5, 0.6) is 17.2 Å². The van der Waals surface area contributed by atoms with Gasteiger partial charge in [0.15, 0.2) is 23.0 Å². The SMILES string of the molecule is COc1ccccc1Nc1ccc(C(=O)Nc2ccc3c(c2)OCO3)nn1. The Morgan fingerprint density at radius 1 is 1.04 bits per heavy atom. The number of anilines is 3. The number of carbonyl (C=O) groups is 1. The minimum atomic E-state index is -0.370. The average Bonchev–Trinajstić information content (AvgIpc) is 3.17. The minimum Gasteiger partial charge on any atom is -0.495 e. The van der Waals surface area contributed by atoms with Crippen molar-refractivity contribution in [1.82, 2.24) is 10.2 Å². The Hall–Kier alpha value is -3.81. The van der Waals surface area contributed by atoms with Crippen LogP contribution >= 0.6 is 0 Å². The van der Waals surface area contributed by atoms with Gasteiger partial charge < -0.3 is 24.8 Å². The topological polar surface area (TPSA) is 94.6 Å². The van der Waals surface area contributed by atoms with Gasteiger partial charge in [0.05, 0.1) is 12.8 Å². The molecule has 0 atom stereocenters. The molecule has 1 aliphatic heterocycles. The van der Waals surface area contributed by atoms with Gasteiger partial charge >= 0.3 is 0 Å². The van der Waals surface area contributed by atoms with Crippen molar-refractivity contribution in [3.05, 3.63) is 60.3 Å². The number of aromatic nitrogens is 2. The molecule has 2 N–H and O–H groups in total. The Bertz CT molecular complexity index is 976. The molecule has 0 fully saturated rings. The van der Waals surface area contributed by atoms with E-state index in [-0.39, 0.29) is 18.4 Å². The highest BCUT2D eigenvalue weighted by Crippen LogP contribution is 2.34. The summed E-state index contributed by atoms with van der Waals surface area (Å²) in [6.45, 7) is 0.179. The molecule has 4 rings (SSSR count). The largest absolute Gasteiger partial charge is 0.495 e. The summed E-state index contributed by atoms with van der Waals surface area (Å²) < 4.78 is 15.8. The van der Waals surface area contributed by atoms with Crippen LogP contribution in [0.15, 0.2) is 54.6 Å². The third kappa shape index (κ3) is 3.59. The standard InChI is InChI=1S/C19H16N4O4/c1-25-15-5-3-2-4-13(15)21-18-9-7-14(22-23-18)19(24)20-12-6-8-16-17(10-12)27-11-26-16/h2-10H,11H2,1H3,(H,20,24)(H,21,23). The zero-order valence-electron chi connectivity index (χ0n) is 14.4. The molecule has 1 aromatic heterocycles. The first-order valence-electron chi connectivity index (χ1n) is 8.18. The summed E-state index contributed by atoms with van der Waals surface area (Å²) >= 11 is 0. The van der Waals surface area contributed by atoms with E-state index in [1.165, 1.54) is 0 Å². The fourth-order valence-electron chi connectivity index (χ4n) is 2.58. The zero-order chi connectivity index (χ0) is 18.6. The molecule has 0 aliphatic carbocycles. The van der Waals surface area contributed by atoms with Crippen molar-refractivity contribution in [3.63, 3.8) is 0 Å². The number of hydrogen-bond donors (Lipinski definition) is 2. The summed E-state index contributed by atoms with van der Waals surface area (Å²) in [6, 6.07) is 15.9. The quantitative estimate of drug-likeness (QED) is 0.718. The number of fused-ring (bicyclic) bond motifs is 1. The summed E-state index contributed by atoms with van der Waals surface area (Å²) in [4.78, 5) is 12.4. The van der Waals surface area contributed by atoms with Gasteiger partial charge in [-0.15, -0.1) is 10.2 Å². The number of carbonyl (C=O) groups excluding carboxylic acids is 1. The monoisotopic (exact) mass is 364 g/mol. The molecule has 0 saturated heterocycles. The van der Waals surface area contributed by atoms with Crippen LogP contribution in [0, 0.1) is 0 Å². The first-order chi connectivity index (χ1) is 13.2. The van der Waals surface area contributed by atoms with Gasteiger partial charge in [0.2, 0.25) is 6.79 Å². The average molecular weight is 364 g/mol. The molecule has 27 heavy (non-hydrogen) atoms. The molecule has 2 aromatic carbocycles. The number of nitrogens with one attached hydrogen (secondary N) is 2. The molecule has 3 aromatic rings. The second kappa shape index (κ2) is 7.20. The van der Waals surface area contributed by atoms with E-state index in [9.17, 15) is 4.79 Å². The van der Waals surface area contributed by atoms with Crippen LogP contribution < -0.4 is 24.8 Å². The number of benzene rings is 2. The van der Waals surface area contributed by atoms with E-state index < -0.39 is 0 Å². The molecular weight excluding hydrogens is 348 g/mol. The molecule has 8 heteroatoms. The van der Waals surface area contributed by atoms with Crippen LogP contribution in [0.25, 0.3) is 0 Å². The van der Waals surface area contributed by atoms with Crippen LogP contribution in [0.3, 0.4) is 0 Å². The van der Waals surface area contributed by atoms with Crippen molar-refractivity contribution >= 4 is 23.1 Å². The lowest BCUT2D eigenvalue weighted by molar-refractivity contribution is 0.102. The molecule has 0 spiro atoms. The fourth-order valence-corrected chi connectivity index (χ4v) is 2.58. The van der Waals surface area contributed by atoms with Gasteiger partial charge in [-0.2, -0.15) is 0 Å². The van der Waals surface area contributed by atoms with Crippen molar-refractivity contribution in [1.29, 1.82) is 0 Å². The molecule has 8 nitrogen and oxygen atoms in total. The van der Waals surface area contributed by atoms with Gasteiger partial charge in [-0.1, -0.05) is 12.1 Å². The number of amides is 1. The maximum absolute atomic E-state index is 12.4. The lowest BCUT2D eigenvalue weighted by atomic mass is 10.2. The number of ether oxygens (including phenoxy) is 3. The van der Waals surface area contributed by atoms with Crippen LogP contribution in [0.2, 0.25) is 0 Å². The Balaban J connectivity index is 1.44. The van der Waals surface area contributed by atoms with E-state index in [2.05, 4.69) is 20.8 Å². The van der Waals surface area contributed by atoms with E-state index in [1.54, 1.807) is 37.4 Å². The maximum atomic E-state index is 12.4. The number of rotatable bonds is 5. The summed E-state index contributed by atoms with van der Waals surface area (Å²) in [6.07, 6.45) is 0. The smallest absolute Gasteiger partial charge is 0.276 e. The number of methoxy groups -OCH3 is 1. The molecule has 1 amide bonds. The minimum absolute atomic E-state index is 0.179. The molecule has 2 heterocycles. The highest BCUT2D eigenvalue weighted by Gasteiger charge is 2.15. The van der Waals surface area contributed by atoms with Crippen LogP contribution in [-0.4, -0.2) is 30.0 Å².